The van der Waals surface area contributed by atoms with Crippen molar-refractivity contribution in [3.8, 4) is 0 Å². The van der Waals surface area contributed by atoms with Gasteiger partial charge < -0.3 is 11.1 Å². The van der Waals surface area contributed by atoms with Crippen LogP contribution < -0.4 is 0 Å². The summed E-state index contributed by atoms with van der Waals surface area (Å²) < 4.78 is 0. The van der Waals surface area contributed by atoms with Crippen LogP contribution in [-0.2, 0) is 20.4 Å². The van der Waals surface area contributed by atoms with Crippen molar-refractivity contribution in [1.29, 1.82) is 0 Å². The van der Waals surface area contributed by atoms with E-state index in [9.17, 15) is 0 Å². The average Bonchev–Trinajstić information content (AvgIpc) is 3.00. The molecule has 0 fully saturated rings. The molecule has 0 aliphatic carbocycles. The predicted molar refractivity (Wildman–Crippen MR) is 59.8 cm³/mol. The van der Waals surface area contributed by atoms with Crippen LogP contribution in [0.3, 0.4) is 0 Å². The van der Waals surface area contributed by atoms with Gasteiger partial charge in [0.15, 0.2) is 0 Å². The minimum absolute atomic E-state index is 1.25. The van der Waals surface area contributed by atoms with E-state index in [1.54, 1.807) is 0 Å². The van der Waals surface area contributed by atoms with Gasteiger partial charge in [-0.3, -0.25) is 4.91 Å². The maximum atomic E-state index is 8.57. The molecule has 0 aliphatic rings. The van der Waals surface area contributed by atoms with Gasteiger partial charge in [0.25, 0.3) is 0 Å². The molecule has 0 saturated carbocycles. The molecule has 0 aromatic heterocycles. The van der Waals surface area contributed by atoms with Crippen LogP contribution in [0.5, 0.6) is 0 Å². The van der Waals surface area contributed by atoms with E-state index in [2.05, 4.69) is 15.6 Å². The summed E-state index contributed by atoms with van der Waals surface area (Å²) in [5, 5.41) is 0. The van der Waals surface area contributed by atoms with Crippen molar-refractivity contribution < 1.29 is 20.4 Å². The van der Waals surface area contributed by atoms with E-state index in [1.807, 2.05) is 60.7 Å². The molecule has 0 aliphatic heterocycles. The van der Waals surface area contributed by atoms with Gasteiger partial charge in [-0.15, -0.1) is 0 Å². The molecule has 0 heterocycles. The van der Waals surface area contributed by atoms with Gasteiger partial charge in [-0.05, 0) is 0 Å². The molecule has 2 aromatic carbocycles. The van der Waals surface area contributed by atoms with Crippen LogP contribution in [0.1, 0.15) is 0 Å². The van der Waals surface area contributed by atoms with Crippen molar-refractivity contribution in [3.05, 3.63) is 76.6 Å². The van der Waals surface area contributed by atoms with Crippen molar-refractivity contribution >= 4 is 4.79 Å². The Labute approximate surface area is 102 Å². The van der Waals surface area contributed by atoms with Gasteiger partial charge in [0, 0.05) is 0 Å². The van der Waals surface area contributed by atoms with Crippen molar-refractivity contribution in [2.75, 3.05) is 0 Å². The van der Waals surface area contributed by atoms with Crippen molar-refractivity contribution in [1.82, 2.24) is 0 Å². The van der Waals surface area contributed by atoms with E-state index in [0.29, 0.717) is 0 Å². The zero-order valence-electron chi connectivity index (χ0n) is 8.38. The molecule has 85 valence electrons. The molecule has 0 atom stereocenters. The van der Waals surface area contributed by atoms with E-state index >= 15 is 0 Å². The van der Waals surface area contributed by atoms with Crippen LogP contribution in [0, 0.1) is 0 Å². The fourth-order valence-corrected chi connectivity index (χ4v) is 0.642. The van der Waals surface area contributed by atoms with Crippen LogP contribution in [-0.4, -0.2) is 4.79 Å². The number of nitrogens with zero attached hydrogens (tertiary/aromatic N) is 3. The Kier molecular flexibility index (Phi) is 19.4. The normalized spacial score (nSPS) is 6.00. The molecule has 16 heavy (non-hydrogen) atoms. The molecular weight excluding hydrogens is 246 g/mol. The average molecular weight is 256 g/mol. The Balaban J connectivity index is 0. The van der Waals surface area contributed by atoms with E-state index in [-0.39, 0.29) is 0 Å². The first-order valence-electron chi connectivity index (χ1n) is 4.11. The van der Waals surface area contributed by atoms with Crippen LogP contribution in [0.4, 0.5) is 0 Å². The Hall–Kier alpha value is -1.89. The second-order valence-corrected chi connectivity index (χ2v) is 2.31. The summed E-state index contributed by atoms with van der Waals surface area (Å²) in [6.45, 7) is 0. The van der Waals surface area contributed by atoms with Gasteiger partial charge in [0.1, 0.15) is 0 Å². The summed E-state index contributed by atoms with van der Waals surface area (Å²) >= 11 is 2.68. The summed E-state index contributed by atoms with van der Waals surface area (Å²) in [5.74, 6) is 0. The van der Waals surface area contributed by atoms with Crippen LogP contribution in [0.25, 0.3) is 16.0 Å². The summed E-state index contributed by atoms with van der Waals surface area (Å²) in [7, 11) is 0. The van der Waals surface area contributed by atoms with Gasteiger partial charge in [-0.1, -0.05) is 0 Å². The topological polar surface area (TPSA) is 75.8 Å². The second kappa shape index (κ2) is 18.8. The third-order valence-electron chi connectivity index (χ3n) is 1.11. The molecular formula is C11H10FeN3O-2. The van der Waals surface area contributed by atoms with E-state index < -0.39 is 0 Å². The minimum atomic E-state index is 1.25. The van der Waals surface area contributed by atoms with Gasteiger partial charge in [0.05, 0.1) is 0 Å². The van der Waals surface area contributed by atoms with E-state index in [1.165, 1.54) is 9.70 Å². The zero-order chi connectivity index (χ0) is 12.5. The molecule has 0 N–H and O–H groups in total. The molecule has 0 spiro atoms. The molecule has 2 rings (SSSR count). The fraction of sp³-hybridized carbons (Fsp3) is 0. The Morgan fingerprint density at radius 1 is 0.938 bits per heavy atom. The van der Waals surface area contributed by atoms with Crippen molar-refractivity contribution in [2.45, 2.75) is 0 Å². The third kappa shape index (κ3) is 22.7. The van der Waals surface area contributed by atoms with Crippen molar-refractivity contribution in [3.63, 3.8) is 0 Å². The Bertz CT molecular complexity index is 283. The second-order valence-electron chi connectivity index (χ2n) is 2.09. The van der Waals surface area contributed by atoms with Gasteiger partial charge in [-0.25, -0.2) is 24.3 Å². The van der Waals surface area contributed by atoms with Gasteiger partial charge in [-0.2, -0.15) is 36.4 Å². The number of hydrogen-bond acceptors (Lipinski definition) is 1. The molecule has 0 unspecified atom stereocenters. The molecule has 4 nitrogen and oxygen atoms in total. The molecule has 0 bridgehead atoms. The fourth-order valence-electron chi connectivity index (χ4n) is 0.642. The van der Waals surface area contributed by atoms with Gasteiger partial charge in [0.2, 0.25) is 0 Å². The SMILES string of the molecule is O=[C]=[Fe+].[N-]=[N+]=[N-].c1cc[cH-]c1.c1cc[cH-]c1. The minimum Gasteiger partial charge on any atom is -0.373 e. The van der Waals surface area contributed by atoms with E-state index in [4.69, 9.17) is 15.9 Å². The van der Waals surface area contributed by atoms with E-state index in [0.717, 1.165) is 0 Å². The van der Waals surface area contributed by atoms with Crippen LogP contribution in [0.2, 0.25) is 0 Å². The molecule has 0 saturated heterocycles. The first kappa shape index (κ1) is 16.5. The maximum absolute atomic E-state index is 8.57. The maximum Gasteiger partial charge on any atom is -0.172 e. The first-order valence-corrected chi connectivity index (χ1v) is 4.67. The van der Waals surface area contributed by atoms with Gasteiger partial charge >= 0.3 is 25.2 Å². The Morgan fingerprint density at radius 3 is 1.19 bits per heavy atom. The standard InChI is InChI=1S/2C5H5.CO.Fe.N3/c2*1-2-4-5-3-1;1-2;;1-3-2/h2*1-5H;;;/q2*-1;;+1;-1. The quantitative estimate of drug-likeness (QED) is 0.234. The molecule has 2 aromatic rings. The summed E-state index contributed by atoms with van der Waals surface area (Å²) in [6, 6.07) is 20.0. The number of carbonyl (C=O) groups excluding carboxylic acids is 1. The largest absolute Gasteiger partial charge is 0.373 e. The molecule has 0 amide bonds. The Morgan fingerprint density at radius 2 is 1.12 bits per heavy atom. The number of hydrogen-bond donors (Lipinski definition) is 0. The van der Waals surface area contributed by atoms with Crippen molar-refractivity contribution in [2.24, 2.45) is 0 Å². The first-order chi connectivity index (χ1) is 7.83. The zero-order valence-corrected chi connectivity index (χ0v) is 9.48. The summed E-state index contributed by atoms with van der Waals surface area (Å²) in [4.78, 5) is 11.3. The predicted octanol–water partition coefficient (Wildman–Crippen LogP) is 3.28. The molecule has 0 radical (unpaired) electrons. The monoisotopic (exact) mass is 256 g/mol. The van der Waals surface area contributed by atoms with Crippen LogP contribution >= 0.6 is 0 Å². The molecule has 5 heteroatoms. The summed E-state index contributed by atoms with van der Waals surface area (Å²) in [5.41, 5.74) is 13.5. The summed E-state index contributed by atoms with van der Waals surface area (Å²) in [6.07, 6.45) is 0. The van der Waals surface area contributed by atoms with Crippen LogP contribution in [0.15, 0.2) is 60.7 Å². The smallest absolute Gasteiger partial charge is 0.172 e. The third-order valence-corrected chi connectivity index (χ3v) is 1.11. The number of rotatable bonds is 0.